The maximum Gasteiger partial charge on any atom is 0.162 e. The molecule has 0 aliphatic carbocycles. The fraction of sp³-hybridized carbons (Fsp3) is 0.188. The van der Waals surface area contributed by atoms with Gasteiger partial charge in [0.2, 0.25) is 0 Å². The van der Waals surface area contributed by atoms with Gasteiger partial charge in [0.05, 0.1) is 18.2 Å². The minimum absolute atomic E-state index is 0.458. The standard InChI is InChI=1S/C16H14BrNO2/c1-2-19-16-9-13(10-18)5-8-15(16)20-11-12-3-6-14(17)7-4-12/h3-9H,2,11H2,1H3. The van der Waals surface area contributed by atoms with Crippen LogP contribution < -0.4 is 9.47 Å². The van der Waals surface area contributed by atoms with E-state index in [1.54, 1.807) is 18.2 Å². The number of nitrogens with zero attached hydrogens (tertiary/aromatic N) is 1. The van der Waals surface area contributed by atoms with Crippen molar-refractivity contribution in [3.8, 4) is 17.6 Å². The van der Waals surface area contributed by atoms with Gasteiger partial charge in [0.1, 0.15) is 6.61 Å². The maximum atomic E-state index is 8.90. The number of halogens is 1. The lowest BCUT2D eigenvalue weighted by Crippen LogP contribution is -2.00. The summed E-state index contributed by atoms with van der Waals surface area (Å²) in [5, 5.41) is 8.90. The van der Waals surface area contributed by atoms with Crippen molar-refractivity contribution in [2.45, 2.75) is 13.5 Å². The molecule has 2 aromatic carbocycles. The second kappa shape index (κ2) is 6.97. The second-order valence-corrected chi connectivity index (χ2v) is 5.04. The van der Waals surface area contributed by atoms with Crippen molar-refractivity contribution in [2.75, 3.05) is 6.61 Å². The van der Waals surface area contributed by atoms with Gasteiger partial charge < -0.3 is 9.47 Å². The largest absolute Gasteiger partial charge is 0.490 e. The van der Waals surface area contributed by atoms with Gasteiger partial charge in [-0.25, -0.2) is 0 Å². The average Bonchev–Trinajstić information content (AvgIpc) is 2.48. The molecule has 20 heavy (non-hydrogen) atoms. The van der Waals surface area contributed by atoms with E-state index in [4.69, 9.17) is 14.7 Å². The first-order chi connectivity index (χ1) is 9.72. The molecule has 4 heteroatoms. The van der Waals surface area contributed by atoms with Crippen LogP contribution in [0.25, 0.3) is 0 Å². The lowest BCUT2D eigenvalue weighted by Gasteiger charge is -2.12. The van der Waals surface area contributed by atoms with Gasteiger partial charge in [-0.2, -0.15) is 5.26 Å². The van der Waals surface area contributed by atoms with Crippen molar-refractivity contribution in [1.29, 1.82) is 5.26 Å². The minimum atomic E-state index is 0.458. The van der Waals surface area contributed by atoms with Gasteiger partial charge in [0.15, 0.2) is 11.5 Å². The van der Waals surface area contributed by atoms with E-state index in [0.717, 1.165) is 10.0 Å². The Morgan fingerprint density at radius 1 is 1.05 bits per heavy atom. The van der Waals surface area contributed by atoms with E-state index in [9.17, 15) is 0 Å². The fourth-order valence-corrected chi connectivity index (χ4v) is 1.97. The van der Waals surface area contributed by atoms with Gasteiger partial charge in [-0.15, -0.1) is 0 Å². The monoisotopic (exact) mass is 331 g/mol. The molecule has 102 valence electrons. The zero-order valence-electron chi connectivity index (χ0n) is 11.1. The molecule has 0 bridgehead atoms. The maximum absolute atomic E-state index is 8.90. The molecule has 0 aromatic heterocycles. The molecule has 0 aliphatic rings. The SMILES string of the molecule is CCOc1cc(C#N)ccc1OCc1ccc(Br)cc1. The molecule has 0 fully saturated rings. The first-order valence-corrected chi connectivity index (χ1v) is 7.06. The molecule has 0 saturated heterocycles. The third-order valence-corrected chi connectivity index (χ3v) is 3.21. The number of benzene rings is 2. The third kappa shape index (κ3) is 3.75. The van der Waals surface area contributed by atoms with Gasteiger partial charge in [0.25, 0.3) is 0 Å². The molecule has 2 rings (SSSR count). The summed E-state index contributed by atoms with van der Waals surface area (Å²) in [6, 6.07) is 15.2. The van der Waals surface area contributed by atoms with E-state index >= 15 is 0 Å². The minimum Gasteiger partial charge on any atom is -0.490 e. The van der Waals surface area contributed by atoms with Crippen LogP contribution in [0.15, 0.2) is 46.9 Å². The summed E-state index contributed by atoms with van der Waals surface area (Å²) in [6.07, 6.45) is 0. The summed E-state index contributed by atoms with van der Waals surface area (Å²) in [5.74, 6) is 1.25. The van der Waals surface area contributed by atoms with Gasteiger partial charge in [-0.1, -0.05) is 28.1 Å². The molecular formula is C16H14BrNO2. The molecule has 0 aliphatic heterocycles. The van der Waals surface area contributed by atoms with Crippen LogP contribution in [0.5, 0.6) is 11.5 Å². The lowest BCUT2D eigenvalue weighted by molar-refractivity contribution is 0.269. The van der Waals surface area contributed by atoms with Crippen LogP contribution in [0, 0.1) is 11.3 Å². The Balaban J connectivity index is 2.12. The fourth-order valence-electron chi connectivity index (χ4n) is 1.71. The Labute approximate surface area is 126 Å². The molecule has 0 amide bonds. The predicted molar refractivity (Wildman–Crippen MR) is 80.8 cm³/mol. The number of ether oxygens (including phenoxy) is 2. The first kappa shape index (κ1) is 14.4. The van der Waals surface area contributed by atoms with E-state index in [1.165, 1.54) is 0 Å². The van der Waals surface area contributed by atoms with E-state index < -0.39 is 0 Å². The summed E-state index contributed by atoms with van der Waals surface area (Å²) in [6.45, 7) is 2.89. The normalized spacial score (nSPS) is 9.85. The molecule has 0 atom stereocenters. The Morgan fingerprint density at radius 2 is 1.80 bits per heavy atom. The highest BCUT2D eigenvalue weighted by atomic mass is 79.9. The highest BCUT2D eigenvalue weighted by Crippen LogP contribution is 2.29. The smallest absolute Gasteiger partial charge is 0.162 e. The van der Waals surface area contributed by atoms with Crippen LogP contribution in [-0.4, -0.2) is 6.61 Å². The Bertz CT molecular complexity index is 617. The van der Waals surface area contributed by atoms with E-state index in [-0.39, 0.29) is 0 Å². The summed E-state index contributed by atoms with van der Waals surface area (Å²) in [4.78, 5) is 0. The van der Waals surface area contributed by atoms with Crippen molar-refractivity contribution in [3.63, 3.8) is 0 Å². The van der Waals surface area contributed by atoms with Gasteiger partial charge in [0, 0.05) is 10.5 Å². The van der Waals surface area contributed by atoms with E-state index in [1.807, 2.05) is 31.2 Å². The van der Waals surface area contributed by atoms with Crippen molar-refractivity contribution < 1.29 is 9.47 Å². The Hall–Kier alpha value is -1.99. The molecule has 0 unspecified atom stereocenters. The highest BCUT2D eigenvalue weighted by Gasteiger charge is 2.06. The van der Waals surface area contributed by atoms with Gasteiger partial charge in [-0.3, -0.25) is 0 Å². The zero-order valence-corrected chi connectivity index (χ0v) is 12.7. The summed E-state index contributed by atoms with van der Waals surface area (Å²) in [5.41, 5.74) is 1.63. The van der Waals surface area contributed by atoms with Crippen LogP contribution in [0.4, 0.5) is 0 Å². The third-order valence-electron chi connectivity index (χ3n) is 2.68. The van der Waals surface area contributed by atoms with E-state index in [2.05, 4.69) is 22.0 Å². The van der Waals surface area contributed by atoms with Crippen molar-refractivity contribution in [2.24, 2.45) is 0 Å². The number of hydrogen-bond donors (Lipinski definition) is 0. The summed E-state index contributed by atoms with van der Waals surface area (Å²) < 4.78 is 12.3. The van der Waals surface area contributed by atoms with Crippen LogP contribution >= 0.6 is 15.9 Å². The Morgan fingerprint density at radius 3 is 2.45 bits per heavy atom. The number of hydrogen-bond acceptors (Lipinski definition) is 3. The second-order valence-electron chi connectivity index (χ2n) is 4.12. The quantitative estimate of drug-likeness (QED) is 0.820. The molecule has 0 radical (unpaired) electrons. The van der Waals surface area contributed by atoms with Crippen LogP contribution in [0.1, 0.15) is 18.1 Å². The number of nitriles is 1. The van der Waals surface area contributed by atoms with Gasteiger partial charge in [-0.05, 0) is 36.8 Å². The highest BCUT2D eigenvalue weighted by molar-refractivity contribution is 9.10. The first-order valence-electron chi connectivity index (χ1n) is 6.27. The average molecular weight is 332 g/mol. The molecule has 0 N–H and O–H groups in total. The molecule has 0 saturated carbocycles. The topological polar surface area (TPSA) is 42.2 Å². The lowest BCUT2D eigenvalue weighted by atomic mass is 10.2. The molecule has 0 spiro atoms. The zero-order chi connectivity index (χ0) is 14.4. The van der Waals surface area contributed by atoms with Crippen molar-refractivity contribution in [3.05, 3.63) is 58.1 Å². The van der Waals surface area contributed by atoms with Gasteiger partial charge >= 0.3 is 0 Å². The molecule has 3 nitrogen and oxygen atoms in total. The summed E-state index contributed by atoms with van der Waals surface area (Å²) in [7, 11) is 0. The number of rotatable bonds is 5. The molecule has 2 aromatic rings. The van der Waals surface area contributed by atoms with Crippen LogP contribution in [0.2, 0.25) is 0 Å². The van der Waals surface area contributed by atoms with Crippen molar-refractivity contribution in [1.82, 2.24) is 0 Å². The molecular weight excluding hydrogens is 318 g/mol. The van der Waals surface area contributed by atoms with Crippen LogP contribution in [-0.2, 0) is 6.61 Å². The Kier molecular flexibility index (Phi) is 5.03. The molecule has 0 heterocycles. The predicted octanol–water partition coefficient (Wildman–Crippen LogP) is 4.30. The summed E-state index contributed by atoms with van der Waals surface area (Å²) >= 11 is 3.40. The van der Waals surface area contributed by atoms with Crippen LogP contribution in [0.3, 0.4) is 0 Å². The van der Waals surface area contributed by atoms with E-state index in [0.29, 0.717) is 30.3 Å². The van der Waals surface area contributed by atoms with Crippen molar-refractivity contribution >= 4 is 15.9 Å².